The zero-order valence-corrected chi connectivity index (χ0v) is 15.9. The maximum Gasteiger partial charge on any atom is 0.309 e. The van der Waals surface area contributed by atoms with Crippen molar-refractivity contribution in [1.82, 2.24) is 0 Å². The lowest BCUT2D eigenvalue weighted by atomic mass is 9.39. The van der Waals surface area contributed by atoms with Gasteiger partial charge in [0.25, 0.3) is 0 Å². The van der Waals surface area contributed by atoms with Crippen LogP contribution in [0.4, 0.5) is 0 Å². The normalized spacial score (nSPS) is 57.5. The first kappa shape index (κ1) is 18.2. The van der Waals surface area contributed by atoms with Gasteiger partial charge in [-0.15, -0.1) is 0 Å². The molecule has 4 N–H and O–H groups in total. The van der Waals surface area contributed by atoms with E-state index in [2.05, 4.69) is 19.0 Å². The first-order valence-corrected chi connectivity index (χ1v) is 9.85. The monoisotopic (exact) mass is 365 g/mol. The SMILES string of the molecule is C[C@@]12CC[C@@H]3[C@@](C/C1=N\O)(C2)[C@@H](O)C[C@H]1[C@@]3(C)[C@@H](O)CC[C@@]1(C)C(=O)O. The molecule has 4 rings (SSSR count). The number of carboxylic acid groups (broad SMARTS) is 1. The van der Waals surface area contributed by atoms with Gasteiger partial charge in [0, 0.05) is 16.2 Å². The van der Waals surface area contributed by atoms with Crippen LogP contribution >= 0.6 is 0 Å². The number of carbonyl (C=O) groups is 1. The third-order valence-corrected chi connectivity index (χ3v) is 9.25. The molecule has 0 heterocycles. The summed E-state index contributed by atoms with van der Waals surface area (Å²) < 4.78 is 0. The third-order valence-electron chi connectivity index (χ3n) is 9.25. The maximum absolute atomic E-state index is 12.1. The predicted octanol–water partition coefficient (Wildman–Crippen LogP) is 2.65. The van der Waals surface area contributed by atoms with E-state index in [-0.39, 0.29) is 17.3 Å². The fourth-order valence-corrected chi connectivity index (χ4v) is 7.74. The predicted molar refractivity (Wildman–Crippen MR) is 94.9 cm³/mol. The van der Waals surface area contributed by atoms with Gasteiger partial charge in [0.05, 0.1) is 23.3 Å². The number of hydrogen-bond acceptors (Lipinski definition) is 5. The van der Waals surface area contributed by atoms with Crippen LogP contribution in [0.3, 0.4) is 0 Å². The Hall–Kier alpha value is -1.14. The Morgan fingerprint density at radius 3 is 2.38 bits per heavy atom. The highest BCUT2D eigenvalue weighted by molar-refractivity contribution is 5.93. The molecule has 0 amide bonds. The van der Waals surface area contributed by atoms with E-state index in [0.717, 1.165) is 25.0 Å². The Bertz CT molecular complexity index is 679. The van der Waals surface area contributed by atoms with Crippen LogP contribution in [0.5, 0.6) is 0 Å². The highest BCUT2D eigenvalue weighted by atomic mass is 16.4. The molecule has 0 saturated heterocycles. The third kappa shape index (κ3) is 1.90. The maximum atomic E-state index is 12.1. The van der Waals surface area contributed by atoms with Crippen molar-refractivity contribution in [2.75, 3.05) is 0 Å². The highest BCUT2D eigenvalue weighted by Gasteiger charge is 2.72. The summed E-state index contributed by atoms with van der Waals surface area (Å²) in [5.41, 5.74) is -1.34. The van der Waals surface area contributed by atoms with Crippen LogP contribution in [-0.4, -0.2) is 44.4 Å². The van der Waals surface area contributed by atoms with Crippen LogP contribution in [0, 0.1) is 33.5 Å². The summed E-state index contributed by atoms with van der Waals surface area (Å²) in [6.07, 6.45) is 3.10. The Labute approximate surface area is 154 Å². The minimum atomic E-state index is -0.927. The zero-order valence-electron chi connectivity index (χ0n) is 15.9. The number of aliphatic hydroxyl groups excluding tert-OH is 2. The number of aliphatic carboxylic acids is 1. The average molecular weight is 365 g/mol. The number of nitrogens with zero attached hydrogens (tertiary/aromatic N) is 1. The molecule has 8 atom stereocenters. The zero-order chi connectivity index (χ0) is 19.1. The number of oxime groups is 1. The smallest absolute Gasteiger partial charge is 0.309 e. The van der Waals surface area contributed by atoms with Crippen molar-refractivity contribution in [3.05, 3.63) is 0 Å². The molecule has 6 nitrogen and oxygen atoms in total. The second kappa shape index (κ2) is 5.22. The van der Waals surface area contributed by atoms with Gasteiger partial charge in [0.1, 0.15) is 0 Å². The van der Waals surface area contributed by atoms with Gasteiger partial charge < -0.3 is 20.5 Å². The Morgan fingerprint density at radius 2 is 1.77 bits per heavy atom. The van der Waals surface area contributed by atoms with E-state index < -0.39 is 34.4 Å². The number of aliphatic hydroxyl groups is 2. The molecule has 2 bridgehead atoms. The molecular weight excluding hydrogens is 334 g/mol. The Balaban J connectivity index is 1.84. The molecule has 4 saturated carbocycles. The molecule has 146 valence electrons. The van der Waals surface area contributed by atoms with Gasteiger partial charge in [-0.2, -0.15) is 0 Å². The van der Waals surface area contributed by atoms with Crippen molar-refractivity contribution >= 4 is 11.7 Å². The topological polar surface area (TPSA) is 110 Å². The fraction of sp³-hybridized carbons (Fsp3) is 0.900. The van der Waals surface area contributed by atoms with Gasteiger partial charge in [-0.1, -0.05) is 19.0 Å². The van der Waals surface area contributed by atoms with Crippen molar-refractivity contribution in [2.24, 2.45) is 38.7 Å². The molecule has 4 aliphatic carbocycles. The molecule has 6 heteroatoms. The van der Waals surface area contributed by atoms with Gasteiger partial charge in [-0.25, -0.2) is 0 Å². The van der Waals surface area contributed by atoms with Crippen LogP contribution in [0.25, 0.3) is 0 Å². The van der Waals surface area contributed by atoms with Gasteiger partial charge in [-0.3, -0.25) is 4.79 Å². The molecule has 0 aromatic carbocycles. The largest absolute Gasteiger partial charge is 0.481 e. The van der Waals surface area contributed by atoms with E-state index in [1.807, 2.05) is 0 Å². The fourth-order valence-electron chi connectivity index (χ4n) is 7.74. The van der Waals surface area contributed by atoms with E-state index in [1.165, 1.54) is 0 Å². The second-order valence-corrected chi connectivity index (χ2v) is 10.2. The molecule has 4 aliphatic rings. The molecule has 0 unspecified atom stereocenters. The summed E-state index contributed by atoms with van der Waals surface area (Å²) in [6, 6.07) is 0. The van der Waals surface area contributed by atoms with Gasteiger partial charge in [-0.05, 0) is 63.7 Å². The van der Waals surface area contributed by atoms with Gasteiger partial charge in [0.2, 0.25) is 0 Å². The lowest BCUT2D eigenvalue weighted by Crippen LogP contribution is -2.67. The van der Waals surface area contributed by atoms with Crippen LogP contribution in [0.15, 0.2) is 5.16 Å². The number of fused-ring (bicyclic) bond motifs is 3. The second-order valence-electron chi connectivity index (χ2n) is 10.2. The number of rotatable bonds is 1. The van der Waals surface area contributed by atoms with Crippen molar-refractivity contribution < 1.29 is 25.3 Å². The first-order valence-electron chi connectivity index (χ1n) is 9.85. The molecule has 4 fully saturated rings. The minimum absolute atomic E-state index is 0.0325. The minimum Gasteiger partial charge on any atom is -0.481 e. The number of carboxylic acids is 1. The Kier molecular flexibility index (Phi) is 3.66. The van der Waals surface area contributed by atoms with Crippen LogP contribution in [0.2, 0.25) is 0 Å². The van der Waals surface area contributed by atoms with E-state index in [1.54, 1.807) is 6.92 Å². The highest BCUT2D eigenvalue weighted by Crippen LogP contribution is 2.73. The lowest BCUT2D eigenvalue weighted by molar-refractivity contribution is -0.241. The summed E-state index contributed by atoms with van der Waals surface area (Å²) in [6.45, 7) is 5.95. The first-order chi connectivity index (χ1) is 12.0. The molecule has 26 heavy (non-hydrogen) atoms. The molecule has 0 aliphatic heterocycles. The summed E-state index contributed by atoms with van der Waals surface area (Å²) in [4.78, 5) is 12.1. The average Bonchev–Trinajstić information content (AvgIpc) is 2.81. The van der Waals surface area contributed by atoms with Crippen LogP contribution in [0.1, 0.15) is 65.7 Å². The summed E-state index contributed by atoms with van der Waals surface area (Å²) >= 11 is 0. The quantitative estimate of drug-likeness (QED) is 0.422. The van der Waals surface area contributed by atoms with Crippen LogP contribution in [-0.2, 0) is 4.79 Å². The molecule has 0 radical (unpaired) electrons. The van der Waals surface area contributed by atoms with E-state index >= 15 is 0 Å². The van der Waals surface area contributed by atoms with E-state index in [0.29, 0.717) is 25.7 Å². The molecule has 0 aromatic heterocycles. The lowest BCUT2D eigenvalue weighted by Gasteiger charge is -2.66. The van der Waals surface area contributed by atoms with Crippen LogP contribution < -0.4 is 0 Å². The van der Waals surface area contributed by atoms with Crippen molar-refractivity contribution in [3.8, 4) is 0 Å². The van der Waals surface area contributed by atoms with Crippen molar-refractivity contribution in [1.29, 1.82) is 0 Å². The number of hydrogen-bond donors (Lipinski definition) is 4. The standard InChI is InChI=1S/C20H31NO5/c1-17-6-4-11-19(3)12(18(2,16(24)25)7-5-14(19)22)8-15(23)20(11,10-17)9-13(17)21-26/h11-12,14-15,22-23,26H,4-10H2,1-3H3,(H,24,25)/b21-13+/t11-,12+,14-,15-,17-,18+,19-,20+/m0/s1. The summed E-state index contributed by atoms with van der Waals surface area (Å²) in [7, 11) is 0. The molecular formula is C20H31NO5. The molecule has 0 aromatic rings. The molecule has 1 spiro atoms. The summed E-state index contributed by atoms with van der Waals surface area (Å²) in [5, 5.41) is 45.4. The summed E-state index contributed by atoms with van der Waals surface area (Å²) in [5.74, 6) is -1.06. The van der Waals surface area contributed by atoms with Crippen molar-refractivity contribution in [3.63, 3.8) is 0 Å². The van der Waals surface area contributed by atoms with Crippen molar-refractivity contribution in [2.45, 2.75) is 77.9 Å². The van der Waals surface area contributed by atoms with E-state index in [4.69, 9.17) is 0 Å². The van der Waals surface area contributed by atoms with E-state index in [9.17, 15) is 25.3 Å². The van der Waals surface area contributed by atoms with Gasteiger partial charge in [0.15, 0.2) is 0 Å². The Morgan fingerprint density at radius 1 is 1.08 bits per heavy atom. The van der Waals surface area contributed by atoms with Gasteiger partial charge >= 0.3 is 5.97 Å².